The van der Waals surface area contributed by atoms with Crippen LogP contribution >= 0.6 is 11.6 Å². The van der Waals surface area contributed by atoms with Crippen LogP contribution in [0.2, 0.25) is 5.02 Å². The number of epoxide rings is 1. The number of carbonyl (C=O) groups is 3. The second-order valence-electron chi connectivity index (χ2n) is 12.5. The molecule has 2 saturated heterocycles. The number of rotatable bonds is 3. The Bertz CT molecular complexity index is 1330. The van der Waals surface area contributed by atoms with Crippen molar-refractivity contribution in [2.45, 2.75) is 96.5 Å². The number of aliphatic hydroxyl groups is 1. The zero-order chi connectivity index (χ0) is 31.9. The summed E-state index contributed by atoms with van der Waals surface area (Å²) in [5.41, 5.74) is 0.541. The van der Waals surface area contributed by atoms with E-state index < -0.39 is 59.6 Å². The van der Waals surface area contributed by atoms with E-state index >= 15 is 0 Å². The Hall–Kier alpha value is -2.92. The minimum Gasteiger partial charge on any atom is -0.458 e. The number of esters is 1. The lowest BCUT2D eigenvalue weighted by molar-refractivity contribution is -0.157. The van der Waals surface area contributed by atoms with Crippen molar-refractivity contribution < 1.29 is 38.4 Å². The molecule has 4 rings (SSSR count). The van der Waals surface area contributed by atoms with E-state index in [0.717, 1.165) is 16.7 Å². The van der Waals surface area contributed by atoms with E-state index in [-0.39, 0.29) is 18.7 Å². The van der Waals surface area contributed by atoms with E-state index in [1.54, 1.807) is 40.0 Å². The summed E-state index contributed by atoms with van der Waals surface area (Å²) in [7, 11) is 3.11. The molecule has 0 saturated carbocycles. The maximum Gasteiger partial charge on any atom is 0.409 e. The molecule has 43 heavy (non-hydrogen) atoms. The second-order valence-corrected chi connectivity index (χ2v) is 12.9. The van der Waals surface area contributed by atoms with Crippen molar-refractivity contribution in [1.29, 1.82) is 0 Å². The van der Waals surface area contributed by atoms with Gasteiger partial charge in [-0.3, -0.25) is 14.9 Å². The summed E-state index contributed by atoms with van der Waals surface area (Å²) in [5, 5.41) is 14.6. The fourth-order valence-corrected chi connectivity index (χ4v) is 6.15. The van der Waals surface area contributed by atoms with E-state index in [1.165, 1.54) is 12.0 Å². The highest BCUT2D eigenvalue weighted by molar-refractivity contribution is 6.34. The monoisotopic (exact) mass is 618 g/mol. The molecule has 236 valence electrons. The Kier molecular flexibility index (Phi) is 9.66. The van der Waals surface area contributed by atoms with Gasteiger partial charge in [-0.15, -0.1) is 0 Å². The van der Waals surface area contributed by atoms with Gasteiger partial charge in [-0.25, -0.2) is 4.79 Å². The maximum atomic E-state index is 13.7. The summed E-state index contributed by atoms with van der Waals surface area (Å²) in [6, 6.07) is 3.86. The highest BCUT2D eigenvalue weighted by Crippen LogP contribution is 2.49. The number of methoxy groups -OCH3 is 1. The fraction of sp³-hybridized carbons (Fsp3) is 0.594. The molecule has 7 atom stereocenters. The Morgan fingerprint density at radius 1 is 1.26 bits per heavy atom. The molecule has 0 aliphatic carbocycles. The molecule has 4 bridgehead atoms. The quantitative estimate of drug-likeness (QED) is 0.371. The smallest absolute Gasteiger partial charge is 0.409 e. The molecule has 10 nitrogen and oxygen atoms in total. The van der Waals surface area contributed by atoms with Gasteiger partial charge in [0.15, 0.2) is 5.72 Å². The van der Waals surface area contributed by atoms with Crippen molar-refractivity contribution in [2.75, 3.05) is 19.1 Å². The number of halogens is 1. The van der Waals surface area contributed by atoms with Crippen molar-refractivity contribution in [3.8, 4) is 0 Å². The summed E-state index contributed by atoms with van der Waals surface area (Å²) in [6.45, 7) is 10.9. The standard InChI is InChI=1S/C32H43ClN2O8/c1-17(2)29(37)42-25-15-26(36)35(7)22-14-21(13-19(4)27(22)33)12-18(3)10-9-11-24(40-8)32(39)16-23(41-30(38)34-32)20(5)28-31(25,6)43-28/h9-11,13-14,17,20,23-25,28,39H,12,15-16H2,1-8H3,(H,34,38)/b11-9+,18-10+/t20-,23-,24+,25-,28+,31-,32-/m0/s1. The van der Waals surface area contributed by atoms with Crippen LogP contribution in [0.1, 0.15) is 58.6 Å². The van der Waals surface area contributed by atoms with E-state index in [9.17, 15) is 19.5 Å². The molecule has 3 heterocycles. The Morgan fingerprint density at radius 2 is 1.95 bits per heavy atom. The topological polar surface area (TPSA) is 127 Å². The summed E-state index contributed by atoms with van der Waals surface area (Å²) in [5.74, 6) is -1.61. The number of hydrogen-bond acceptors (Lipinski definition) is 8. The van der Waals surface area contributed by atoms with Crippen LogP contribution in [0.3, 0.4) is 0 Å². The van der Waals surface area contributed by atoms with Gasteiger partial charge in [-0.1, -0.05) is 62.2 Å². The number of amides is 2. The van der Waals surface area contributed by atoms with Crippen LogP contribution in [0, 0.1) is 18.8 Å². The van der Waals surface area contributed by atoms with Crippen molar-refractivity contribution in [3.63, 3.8) is 0 Å². The van der Waals surface area contributed by atoms with Crippen molar-refractivity contribution in [2.24, 2.45) is 11.8 Å². The number of fused-ring (bicyclic) bond motifs is 5. The van der Waals surface area contributed by atoms with Gasteiger partial charge in [0.1, 0.15) is 23.9 Å². The first-order valence-electron chi connectivity index (χ1n) is 14.6. The number of aryl methyl sites for hydroxylation is 1. The van der Waals surface area contributed by atoms with Crippen LogP contribution in [-0.4, -0.2) is 73.0 Å². The number of ether oxygens (including phenoxy) is 4. The number of nitrogens with zero attached hydrogens (tertiary/aromatic N) is 1. The number of carbonyl (C=O) groups excluding carboxylic acids is 3. The van der Waals surface area contributed by atoms with Crippen molar-refractivity contribution in [3.05, 3.63) is 52.1 Å². The van der Waals surface area contributed by atoms with Gasteiger partial charge < -0.3 is 29.0 Å². The van der Waals surface area contributed by atoms with Crippen LogP contribution in [0.4, 0.5) is 10.5 Å². The number of anilines is 1. The van der Waals surface area contributed by atoms with Gasteiger partial charge in [0.05, 0.1) is 29.2 Å². The number of benzene rings is 1. The number of nitrogens with one attached hydrogen (secondary N) is 1. The van der Waals surface area contributed by atoms with Crippen LogP contribution in [0.25, 0.3) is 0 Å². The molecule has 11 heteroatoms. The van der Waals surface area contributed by atoms with Gasteiger partial charge >= 0.3 is 12.1 Å². The molecule has 2 amide bonds. The molecular weight excluding hydrogens is 576 g/mol. The first-order valence-corrected chi connectivity index (χ1v) is 15.0. The second kappa shape index (κ2) is 12.6. The van der Waals surface area contributed by atoms with E-state index in [4.69, 9.17) is 30.5 Å². The van der Waals surface area contributed by atoms with Gasteiger partial charge in [0.25, 0.3) is 0 Å². The van der Waals surface area contributed by atoms with Crippen LogP contribution in [0.15, 0.2) is 35.9 Å². The Labute approximate surface area is 258 Å². The predicted molar refractivity (Wildman–Crippen MR) is 162 cm³/mol. The average Bonchev–Trinajstić information content (AvgIpc) is 3.62. The molecule has 3 aliphatic heterocycles. The number of alkyl carbamates (subject to hydrolysis) is 1. The number of hydrogen-bond donors (Lipinski definition) is 2. The van der Waals surface area contributed by atoms with Gasteiger partial charge in [0, 0.05) is 26.5 Å². The van der Waals surface area contributed by atoms with Crippen molar-refractivity contribution >= 4 is 35.3 Å². The molecular formula is C32H43ClN2O8. The van der Waals surface area contributed by atoms with Gasteiger partial charge in [0.2, 0.25) is 5.91 Å². The maximum absolute atomic E-state index is 13.7. The van der Waals surface area contributed by atoms with Crippen LogP contribution in [-0.2, 0) is 35.0 Å². The molecule has 0 spiro atoms. The zero-order valence-electron chi connectivity index (χ0n) is 26.1. The third kappa shape index (κ3) is 6.93. The highest BCUT2D eigenvalue weighted by atomic mass is 35.5. The van der Waals surface area contributed by atoms with E-state index in [1.807, 2.05) is 39.0 Å². The summed E-state index contributed by atoms with van der Waals surface area (Å²) < 4.78 is 23.3. The SMILES string of the molecule is CO[C@@H]1/C=C/C=C(\C)Cc2cc(C)c(Cl)c(c2)N(C)C(=O)C[C@H](OC(=O)C(C)C)[C@]2(C)O[C@@H]2[C@@H](C)[C@@H]2C[C@@]1(O)NC(=O)O2. The highest BCUT2D eigenvalue weighted by Gasteiger charge is 2.64. The fourth-order valence-electron chi connectivity index (χ4n) is 5.92. The largest absolute Gasteiger partial charge is 0.458 e. The first-order chi connectivity index (χ1) is 20.1. The lowest BCUT2D eigenvalue weighted by atomic mass is 9.83. The Balaban J connectivity index is 1.78. The molecule has 1 aromatic rings. The molecule has 3 aliphatic rings. The minimum atomic E-state index is -1.75. The third-order valence-corrected chi connectivity index (χ3v) is 9.17. The van der Waals surface area contributed by atoms with Crippen molar-refractivity contribution in [1.82, 2.24) is 5.32 Å². The molecule has 0 aromatic heterocycles. The van der Waals surface area contributed by atoms with E-state index in [2.05, 4.69) is 5.32 Å². The molecule has 2 N–H and O–H groups in total. The molecule has 1 aromatic carbocycles. The molecule has 2 fully saturated rings. The van der Waals surface area contributed by atoms with E-state index in [0.29, 0.717) is 17.1 Å². The number of allylic oxidation sites excluding steroid dienone is 3. The summed E-state index contributed by atoms with van der Waals surface area (Å²) in [4.78, 5) is 40.7. The lowest BCUT2D eigenvalue weighted by Crippen LogP contribution is -2.63. The summed E-state index contributed by atoms with van der Waals surface area (Å²) >= 11 is 6.69. The third-order valence-electron chi connectivity index (χ3n) is 8.68. The Morgan fingerprint density at radius 3 is 2.60 bits per heavy atom. The van der Waals surface area contributed by atoms with Crippen LogP contribution in [0.5, 0.6) is 0 Å². The van der Waals surface area contributed by atoms with Crippen LogP contribution < -0.4 is 10.2 Å². The first kappa shape index (κ1) is 33.0. The predicted octanol–water partition coefficient (Wildman–Crippen LogP) is 4.62. The minimum absolute atomic E-state index is 0.0170. The zero-order valence-corrected chi connectivity index (χ0v) is 26.9. The summed E-state index contributed by atoms with van der Waals surface area (Å²) in [6.07, 6.45) is 1.95. The normalized spacial score (nSPS) is 35.3. The average molecular weight is 619 g/mol. The van der Waals surface area contributed by atoms with Gasteiger partial charge in [-0.2, -0.15) is 0 Å². The molecule has 0 radical (unpaired) electrons. The van der Waals surface area contributed by atoms with Gasteiger partial charge in [-0.05, 0) is 44.4 Å². The lowest BCUT2D eigenvalue weighted by Gasteiger charge is -2.42. The molecule has 0 unspecified atom stereocenters.